The molecule has 2 aromatic carbocycles. The first-order valence-corrected chi connectivity index (χ1v) is 10.2. The molecule has 27 heavy (non-hydrogen) atoms. The summed E-state index contributed by atoms with van der Waals surface area (Å²) in [5.74, 6) is -0.113. The van der Waals surface area contributed by atoms with E-state index in [0.717, 1.165) is 22.8 Å². The minimum atomic E-state index is -0.392. The minimum Gasteiger partial charge on any atom is -0.348 e. The van der Waals surface area contributed by atoms with Gasteiger partial charge in [-0.15, -0.1) is 11.3 Å². The number of nitrogens with zero attached hydrogens (tertiary/aromatic N) is 1. The first-order chi connectivity index (χ1) is 13.1. The molecule has 1 N–H and O–H groups in total. The summed E-state index contributed by atoms with van der Waals surface area (Å²) in [6.45, 7) is 2.64. The van der Waals surface area contributed by atoms with Gasteiger partial charge < -0.3 is 10.2 Å². The van der Waals surface area contributed by atoms with Crippen LogP contribution in [0, 0.1) is 0 Å². The van der Waals surface area contributed by atoms with Crippen LogP contribution in [0.5, 0.6) is 0 Å². The summed E-state index contributed by atoms with van der Waals surface area (Å²) in [5.41, 5.74) is 1.09. The van der Waals surface area contributed by atoms with Crippen LogP contribution in [0.3, 0.4) is 0 Å². The number of hydrogen-bond donors (Lipinski definition) is 1. The molecule has 138 valence electrons. The number of rotatable bonds is 4. The molecule has 0 aliphatic carbocycles. The second kappa shape index (κ2) is 7.53. The highest BCUT2D eigenvalue weighted by atomic mass is 32.1. The Kier molecular flexibility index (Phi) is 4.94. The number of fused-ring (bicyclic) bond motifs is 1. The van der Waals surface area contributed by atoms with Gasteiger partial charge in [-0.3, -0.25) is 9.59 Å². The van der Waals surface area contributed by atoms with E-state index in [4.69, 9.17) is 0 Å². The molecule has 2 amide bonds. The van der Waals surface area contributed by atoms with E-state index in [0.29, 0.717) is 17.8 Å². The monoisotopic (exact) mass is 378 g/mol. The Morgan fingerprint density at radius 1 is 1.11 bits per heavy atom. The second-order valence-electron chi connectivity index (χ2n) is 6.93. The molecule has 4 rings (SSSR count). The average Bonchev–Trinajstić information content (AvgIpc) is 3.38. The summed E-state index contributed by atoms with van der Waals surface area (Å²) in [4.78, 5) is 28.1. The van der Waals surface area contributed by atoms with Gasteiger partial charge in [-0.2, -0.15) is 0 Å². The molecule has 0 spiro atoms. The Hall–Kier alpha value is -2.66. The lowest BCUT2D eigenvalue weighted by Crippen LogP contribution is -2.46. The van der Waals surface area contributed by atoms with Gasteiger partial charge in [-0.1, -0.05) is 48.5 Å². The average molecular weight is 378 g/mol. The van der Waals surface area contributed by atoms with Gasteiger partial charge in [0.05, 0.1) is 10.9 Å². The fourth-order valence-corrected chi connectivity index (χ4v) is 4.52. The maximum absolute atomic E-state index is 12.9. The Balaban J connectivity index is 1.52. The zero-order valence-electron chi connectivity index (χ0n) is 15.2. The van der Waals surface area contributed by atoms with Crippen LogP contribution >= 0.6 is 11.3 Å². The lowest BCUT2D eigenvalue weighted by molar-refractivity contribution is -0.125. The third kappa shape index (κ3) is 3.47. The van der Waals surface area contributed by atoms with Gasteiger partial charge in [0.2, 0.25) is 5.91 Å². The smallest absolute Gasteiger partial charge is 0.264 e. The third-order valence-corrected chi connectivity index (χ3v) is 6.05. The molecule has 1 aliphatic rings. The van der Waals surface area contributed by atoms with E-state index >= 15 is 0 Å². The molecule has 1 fully saturated rings. The highest BCUT2D eigenvalue weighted by Gasteiger charge is 2.35. The lowest BCUT2D eigenvalue weighted by Gasteiger charge is -2.25. The van der Waals surface area contributed by atoms with Crippen LogP contribution < -0.4 is 5.32 Å². The molecule has 2 unspecified atom stereocenters. The van der Waals surface area contributed by atoms with Crippen molar-refractivity contribution in [1.29, 1.82) is 0 Å². The molecule has 2 atom stereocenters. The SMILES string of the molecule is CC(NC(=O)C1CCCN1C(=O)c1cccs1)c1cccc2ccccc12. The van der Waals surface area contributed by atoms with E-state index < -0.39 is 6.04 Å². The van der Waals surface area contributed by atoms with E-state index in [1.807, 2.05) is 42.6 Å². The highest BCUT2D eigenvalue weighted by Crippen LogP contribution is 2.26. The first-order valence-electron chi connectivity index (χ1n) is 9.27. The summed E-state index contributed by atoms with van der Waals surface area (Å²) >= 11 is 1.42. The van der Waals surface area contributed by atoms with Crippen molar-refractivity contribution in [2.24, 2.45) is 0 Å². The summed E-state index contributed by atoms with van der Waals surface area (Å²) < 4.78 is 0. The van der Waals surface area contributed by atoms with Crippen molar-refractivity contribution in [3.63, 3.8) is 0 Å². The van der Waals surface area contributed by atoms with E-state index in [1.165, 1.54) is 11.3 Å². The van der Waals surface area contributed by atoms with Crippen molar-refractivity contribution in [3.8, 4) is 0 Å². The van der Waals surface area contributed by atoms with Crippen LogP contribution in [-0.4, -0.2) is 29.3 Å². The summed E-state index contributed by atoms with van der Waals surface area (Å²) in [6, 6.07) is 17.5. The van der Waals surface area contributed by atoms with Crippen LogP contribution in [0.1, 0.15) is 41.0 Å². The molecule has 4 nitrogen and oxygen atoms in total. The summed E-state index contributed by atoms with van der Waals surface area (Å²) in [6.07, 6.45) is 1.57. The van der Waals surface area contributed by atoms with Crippen molar-refractivity contribution >= 4 is 33.9 Å². The van der Waals surface area contributed by atoms with Gasteiger partial charge in [0.25, 0.3) is 5.91 Å². The molecule has 0 saturated carbocycles. The van der Waals surface area contributed by atoms with E-state index in [1.54, 1.807) is 4.90 Å². The molecule has 1 aliphatic heterocycles. The highest BCUT2D eigenvalue weighted by molar-refractivity contribution is 7.12. The number of likely N-dealkylation sites (tertiary alicyclic amines) is 1. The lowest BCUT2D eigenvalue weighted by atomic mass is 9.99. The molecule has 2 heterocycles. The van der Waals surface area contributed by atoms with E-state index in [9.17, 15) is 9.59 Å². The van der Waals surface area contributed by atoms with Crippen molar-refractivity contribution in [2.45, 2.75) is 31.8 Å². The van der Waals surface area contributed by atoms with Crippen LogP contribution in [0.25, 0.3) is 10.8 Å². The molecule has 0 radical (unpaired) electrons. The van der Waals surface area contributed by atoms with Crippen molar-refractivity contribution in [2.75, 3.05) is 6.54 Å². The standard InChI is InChI=1S/C22H22N2O2S/c1-15(17-10-4-8-16-7-2-3-9-18(16)17)23-21(25)19-11-5-13-24(19)22(26)20-12-6-14-27-20/h2-4,6-10,12,14-15,19H,5,11,13H2,1H3,(H,23,25). The molecular weight excluding hydrogens is 356 g/mol. The topological polar surface area (TPSA) is 49.4 Å². The minimum absolute atomic E-state index is 0.0412. The first kappa shape index (κ1) is 17.7. The molecule has 1 aromatic heterocycles. The number of thiophene rings is 1. The number of carbonyl (C=O) groups excluding carboxylic acids is 2. The Morgan fingerprint density at radius 2 is 1.93 bits per heavy atom. The normalized spacial score (nSPS) is 17.8. The van der Waals surface area contributed by atoms with Gasteiger partial charge in [0.1, 0.15) is 6.04 Å². The zero-order valence-corrected chi connectivity index (χ0v) is 16.0. The van der Waals surface area contributed by atoms with E-state index in [-0.39, 0.29) is 17.9 Å². The zero-order chi connectivity index (χ0) is 18.8. The van der Waals surface area contributed by atoms with Gasteiger partial charge in [-0.25, -0.2) is 0 Å². The second-order valence-corrected chi connectivity index (χ2v) is 7.88. The number of amides is 2. The largest absolute Gasteiger partial charge is 0.348 e. The van der Waals surface area contributed by atoms with Crippen molar-refractivity contribution < 1.29 is 9.59 Å². The van der Waals surface area contributed by atoms with Gasteiger partial charge in [0, 0.05) is 6.54 Å². The Morgan fingerprint density at radius 3 is 2.74 bits per heavy atom. The van der Waals surface area contributed by atoms with Gasteiger partial charge >= 0.3 is 0 Å². The maximum Gasteiger partial charge on any atom is 0.264 e. The number of nitrogens with one attached hydrogen (secondary N) is 1. The van der Waals surface area contributed by atoms with Crippen molar-refractivity contribution in [1.82, 2.24) is 10.2 Å². The fraction of sp³-hybridized carbons (Fsp3) is 0.273. The van der Waals surface area contributed by atoms with Crippen LogP contribution in [0.15, 0.2) is 60.0 Å². The molecule has 0 bridgehead atoms. The maximum atomic E-state index is 12.9. The summed E-state index contributed by atoms with van der Waals surface area (Å²) in [7, 11) is 0. The summed E-state index contributed by atoms with van der Waals surface area (Å²) in [5, 5.41) is 7.32. The Labute approximate surface area is 162 Å². The molecule has 5 heteroatoms. The molecule has 3 aromatic rings. The quantitative estimate of drug-likeness (QED) is 0.732. The third-order valence-electron chi connectivity index (χ3n) is 5.20. The number of benzene rings is 2. The van der Waals surface area contributed by atoms with Gasteiger partial charge in [-0.05, 0) is 47.5 Å². The van der Waals surface area contributed by atoms with E-state index in [2.05, 4.69) is 29.6 Å². The molecule has 1 saturated heterocycles. The van der Waals surface area contributed by atoms with Gasteiger partial charge in [0.15, 0.2) is 0 Å². The van der Waals surface area contributed by atoms with Crippen LogP contribution in [0.2, 0.25) is 0 Å². The number of carbonyl (C=O) groups is 2. The van der Waals surface area contributed by atoms with Crippen LogP contribution in [-0.2, 0) is 4.79 Å². The number of hydrogen-bond acceptors (Lipinski definition) is 3. The predicted octanol–water partition coefficient (Wildman–Crippen LogP) is 4.38. The van der Waals surface area contributed by atoms with Crippen LogP contribution in [0.4, 0.5) is 0 Å². The van der Waals surface area contributed by atoms with Crippen molar-refractivity contribution in [3.05, 3.63) is 70.4 Å². The fourth-order valence-electron chi connectivity index (χ4n) is 3.84. The predicted molar refractivity (Wildman–Crippen MR) is 109 cm³/mol. The Bertz CT molecular complexity index is 962. The molecular formula is C22H22N2O2S.